The van der Waals surface area contributed by atoms with Crippen LogP contribution in [0, 0.1) is 5.92 Å². The molecule has 0 bridgehead atoms. The van der Waals surface area contributed by atoms with Crippen molar-refractivity contribution in [3.05, 3.63) is 23.8 Å². The van der Waals surface area contributed by atoms with Crippen LogP contribution in [-0.2, 0) is 15.6 Å². The molecule has 1 aromatic rings. The lowest BCUT2D eigenvalue weighted by atomic mass is 9.69. The van der Waals surface area contributed by atoms with Crippen molar-refractivity contribution in [2.24, 2.45) is 5.92 Å². The van der Waals surface area contributed by atoms with Crippen molar-refractivity contribution < 1.29 is 17.9 Å². The van der Waals surface area contributed by atoms with Gasteiger partial charge in [0.25, 0.3) is 10.2 Å². The predicted octanol–water partition coefficient (Wildman–Crippen LogP) is 3.18. The van der Waals surface area contributed by atoms with E-state index in [4.69, 9.17) is 9.47 Å². The molecule has 0 spiro atoms. The van der Waals surface area contributed by atoms with Crippen LogP contribution in [0.15, 0.2) is 18.2 Å². The minimum Gasteiger partial charge on any atom is -0.454 e. The van der Waals surface area contributed by atoms with Gasteiger partial charge in [0, 0.05) is 25.0 Å². The van der Waals surface area contributed by atoms with Crippen molar-refractivity contribution in [2.75, 3.05) is 26.4 Å². The Kier molecular flexibility index (Phi) is 5.36. The SMILES string of the molecule is C[C@@H]1CCCN(S(=O)(=O)NCC2(c3ccc4c(c3)OCO4)CCCCC2)C1. The maximum atomic E-state index is 12.9. The van der Waals surface area contributed by atoms with Gasteiger partial charge in [-0.25, -0.2) is 4.72 Å². The van der Waals surface area contributed by atoms with Crippen molar-refractivity contribution in [1.29, 1.82) is 0 Å². The third-order valence-corrected chi connectivity index (χ3v) is 7.87. The van der Waals surface area contributed by atoms with Crippen molar-refractivity contribution in [3.8, 4) is 11.5 Å². The molecule has 2 aliphatic heterocycles. The van der Waals surface area contributed by atoms with Crippen molar-refractivity contribution in [1.82, 2.24) is 9.03 Å². The average Bonchev–Trinajstić information content (AvgIpc) is 3.15. The summed E-state index contributed by atoms with van der Waals surface area (Å²) in [5, 5.41) is 0. The summed E-state index contributed by atoms with van der Waals surface area (Å²) in [6.07, 6.45) is 7.48. The first-order chi connectivity index (χ1) is 13.0. The van der Waals surface area contributed by atoms with Gasteiger partial charge in [0.2, 0.25) is 6.79 Å². The predicted molar refractivity (Wildman–Crippen MR) is 104 cm³/mol. The molecule has 150 valence electrons. The molecule has 2 fully saturated rings. The van der Waals surface area contributed by atoms with Crippen molar-refractivity contribution in [3.63, 3.8) is 0 Å². The summed E-state index contributed by atoms with van der Waals surface area (Å²) in [5.74, 6) is 1.96. The highest BCUT2D eigenvalue weighted by Crippen LogP contribution is 2.43. The Morgan fingerprint density at radius 1 is 1.15 bits per heavy atom. The fourth-order valence-corrected chi connectivity index (χ4v) is 6.17. The molecule has 0 amide bonds. The van der Waals surface area contributed by atoms with Crippen LogP contribution >= 0.6 is 0 Å². The third kappa shape index (κ3) is 3.96. The first-order valence-electron chi connectivity index (χ1n) is 10.1. The molecule has 1 aromatic carbocycles. The minimum atomic E-state index is -3.45. The lowest BCUT2D eigenvalue weighted by molar-refractivity contribution is 0.174. The Balaban J connectivity index is 1.54. The first kappa shape index (κ1) is 19.0. The van der Waals surface area contributed by atoms with Gasteiger partial charge in [-0.3, -0.25) is 0 Å². The van der Waals surface area contributed by atoms with Gasteiger partial charge in [-0.15, -0.1) is 0 Å². The summed E-state index contributed by atoms with van der Waals surface area (Å²) in [6, 6.07) is 6.08. The van der Waals surface area contributed by atoms with Gasteiger partial charge in [0.05, 0.1) is 0 Å². The molecule has 1 saturated heterocycles. The first-order valence-corrected chi connectivity index (χ1v) is 11.6. The second-order valence-electron chi connectivity index (χ2n) is 8.34. The van der Waals surface area contributed by atoms with Gasteiger partial charge in [-0.2, -0.15) is 12.7 Å². The highest BCUT2D eigenvalue weighted by molar-refractivity contribution is 7.87. The van der Waals surface area contributed by atoms with E-state index < -0.39 is 10.2 Å². The Labute approximate surface area is 162 Å². The van der Waals surface area contributed by atoms with E-state index in [0.29, 0.717) is 25.6 Å². The summed E-state index contributed by atoms with van der Waals surface area (Å²) in [7, 11) is -3.45. The number of nitrogens with zero attached hydrogens (tertiary/aromatic N) is 1. The quantitative estimate of drug-likeness (QED) is 0.833. The number of rotatable bonds is 5. The Hall–Kier alpha value is -1.31. The molecule has 1 N–H and O–H groups in total. The molecule has 3 aliphatic rings. The molecule has 4 rings (SSSR count). The molecule has 1 saturated carbocycles. The fourth-order valence-electron chi connectivity index (χ4n) is 4.71. The van der Waals surface area contributed by atoms with Crippen LogP contribution in [-0.4, -0.2) is 39.2 Å². The molecule has 0 radical (unpaired) electrons. The van der Waals surface area contributed by atoms with Crippen molar-refractivity contribution in [2.45, 2.75) is 57.3 Å². The van der Waals surface area contributed by atoms with E-state index in [0.717, 1.165) is 55.6 Å². The number of ether oxygens (including phenoxy) is 2. The molecule has 2 heterocycles. The van der Waals surface area contributed by atoms with Gasteiger partial charge in [-0.1, -0.05) is 32.3 Å². The summed E-state index contributed by atoms with van der Waals surface area (Å²) >= 11 is 0. The third-order valence-electron chi connectivity index (χ3n) is 6.35. The largest absolute Gasteiger partial charge is 0.454 e. The lowest BCUT2D eigenvalue weighted by Crippen LogP contribution is -2.50. The molecule has 0 aromatic heterocycles. The second-order valence-corrected chi connectivity index (χ2v) is 10.1. The average molecular weight is 395 g/mol. The number of benzene rings is 1. The van der Waals surface area contributed by atoms with Crippen molar-refractivity contribution >= 4 is 10.2 Å². The van der Waals surface area contributed by atoms with E-state index in [2.05, 4.69) is 17.7 Å². The zero-order valence-corrected chi connectivity index (χ0v) is 16.9. The van der Waals surface area contributed by atoms with Crippen LogP contribution in [0.25, 0.3) is 0 Å². The zero-order valence-electron chi connectivity index (χ0n) is 16.1. The van der Waals surface area contributed by atoms with Crippen LogP contribution in [0.2, 0.25) is 0 Å². The normalized spacial score (nSPS) is 25.4. The van der Waals surface area contributed by atoms with Crippen LogP contribution in [0.1, 0.15) is 57.4 Å². The van der Waals surface area contributed by atoms with Crippen LogP contribution in [0.3, 0.4) is 0 Å². The summed E-state index contributed by atoms with van der Waals surface area (Å²) in [4.78, 5) is 0. The van der Waals surface area contributed by atoms with E-state index in [-0.39, 0.29) is 12.2 Å². The monoisotopic (exact) mass is 394 g/mol. The summed E-state index contributed by atoms with van der Waals surface area (Å²) < 4.78 is 41.4. The van der Waals surface area contributed by atoms with Gasteiger partial charge >= 0.3 is 0 Å². The van der Waals surface area contributed by atoms with E-state index >= 15 is 0 Å². The second kappa shape index (κ2) is 7.60. The topological polar surface area (TPSA) is 67.9 Å². The number of nitrogens with one attached hydrogen (secondary N) is 1. The number of hydrogen-bond donors (Lipinski definition) is 1. The van der Waals surface area contributed by atoms with Gasteiger partial charge in [0.1, 0.15) is 0 Å². The summed E-state index contributed by atoms with van der Waals surface area (Å²) in [6.45, 7) is 4.06. The Morgan fingerprint density at radius 3 is 2.70 bits per heavy atom. The van der Waals surface area contributed by atoms with E-state index in [1.807, 2.05) is 12.1 Å². The molecule has 1 atom stereocenters. The molecular formula is C20H30N2O4S. The zero-order chi connectivity index (χ0) is 18.9. The minimum absolute atomic E-state index is 0.173. The molecular weight excluding hydrogens is 364 g/mol. The Bertz CT molecular complexity index is 774. The molecule has 27 heavy (non-hydrogen) atoms. The standard InChI is InChI=1S/C20H30N2O4S/c1-16-6-5-11-22(13-16)27(23,24)21-14-20(9-3-2-4-10-20)17-7-8-18-19(12-17)26-15-25-18/h7-8,12,16,21H,2-6,9-11,13-15H2,1H3/t16-/m1/s1. The van der Waals surface area contributed by atoms with Crippen LogP contribution < -0.4 is 14.2 Å². The fraction of sp³-hybridized carbons (Fsp3) is 0.700. The van der Waals surface area contributed by atoms with Crippen LogP contribution in [0.5, 0.6) is 11.5 Å². The molecule has 6 nitrogen and oxygen atoms in total. The highest BCUT2D eigenvalue weighted by Gasteiger charge is 2.37. The lowest BCUT2D eigenvalue weighted by Gasteiger charge is -2.39. The number of piperidine rings is 1. The maximum Gasteiger partial charge on any atom is 0.279 e. The van der Waals surface area contributed by atoms with Gasteiger partial charge < -0.3 is 9.47 Å². The maximum absolute atomic E-state index is 12.9. The number of hydrogen-bond acceptors (Lipinski definition) is 4. The van der Waals surface area contributed by atoms with Crippen LogP contribution in [0.4, 0.5) is 0 Å². The molecule has 1 aliphatic carbocycles. The smallest absolute Gasteiger partial charge is 0.279 e. The Morgan fingerprint density at radius 2 is 1.93 bits per heavy atom. The molecule has 7 heteroatoms. The molecule has 0 unspecified atom stereocenters. The number of fused-ring (bicyclic) bond motifs is 1. The highest BCUT2D eigenvalue weighted by atomic mass is 32.2. The van der Waals surface area contributed by atoms with E-state index in [9.17, 15) is 8.42 Å². The van der Waals surface area contributed by atoms with E-state index in [1.54, 1.807) is 4.31 Å². The van der Waals surface area contributed by atoms with Gasteiger partial charge in [0.15, 0.2) is 11.5 Å². The summed E-state index contributed by atoms with van der Waals surface area (Å²) in [5.41, 5.74) is 0.981. The van der Waals surface area contributed by atoms with E-state index in [1.165, 1.54) is 6.42 Å². The van der Waals surface area contributed by atoms with Gasteiger partial charge in [-0.05, 0) is 49.3 Å².